The summed E-state index contributed by atoms with van der Waals surface area (Å²) >= 11 is 0. The third-order valence-electron chi connectivity index (χ3n) is 5.95. The number of aromatic nitrogens is 4. The van der Waals surface area contributed by atoms with Gasteiger partial charge in [-0.1, -0.05) is 12.1 Å². The summed E-state index contributed by atoms with van der Waals surface area (Å²) in [5.74, 6) is 1.29. The molecule has 2 aromatic heterocycles. The number of halogens is 1. The quantitative estimate of drug-likeness (QED) is 0.380. The van der Waals surface area contributed by atoms with Gasteiger partial charge in [-0.2, -0.15) is 0 Å². The van der Waals surface area contributed by atoms with Crippen molar-refractivity contribution >= 4 is 11.9 Å². The van der Waals surface area contributed by atoms with Gasteiger partial charge in [0.1, 0.15) is 11.6 Å². The number of hydrogen-bond acceptors (Lipinski definition) is 7. The van der Waals surface area contributed by atoms with E-state index < -0.39 is 5.91 Å². The lowest BCUT2D eigenvalue weighted by Gasteiger charge is -2.27. The highest BCUT2D eigenvalue weighted by molar-refractivity contribution is 5.77. The van der Waals surface area contributed by atoms with E-state index in [9.17, 15) is 9.18 Å². The lowest BCUT2D eigenvalue weighted by Crippen LogP contribution is -2.34. The van der Waals surface area contributed by atoms with Crippen molar-refractivity contribution in [2.24, 2.45) is 0 Å². The molecular weight excluding hydrogens is 413 g/mol. The second-order valence-corrected chi connectivity index (χ2v) is 8.25. The number of imidazole rings is 1. The predicted octanol–water partition coefficient (Wildman–Crippen LogP) is 1.53. The van der Waals surface area contributed by atoms with Crippen molar-refractivity contribution in [1.82, 2.24) is 30.3 Å². The van der Waals surface area contributed by atoms with Crippen LogP contribution in [0.1, 0.15) is 35.0 Å². The number of hydroxylamine groups is 1. The molecule has 2 atom stereocenters. The van der Waals surface area contributed by atoms with Crippen molar-refractivity contribution in [3.63, 3.8) is 0 Å². The van der Waals surface area contributed by atoms with Gasteiger partial charge in [-0.05, 0) is 29.7 Å². The zero-order valence-electron chi connectivity index (χ0n) is 17.4. The number of hydrogen-bond donors (Lipinski definition) is 3. The minimum atomic E-state index is -0.502. The molecule has 0 bridgehead atoms. The van der Waals surface area contributed by atoms with E-state index in [1.165, 1.54) is 17.7 Å². The summed E-state index contributed by atoms with van der Waals surface area (Å²) in [6, 6.07) is 7.16. The van der Waals surface area contributed by atoms with Gasteiger partial charge < -0.3 is 14.8 Å². The Bertz CT molecular complexity index is 1100. The molecule has 0 spiro atoms. The van der Waals surface area contributed by atoms with Gasteiger partial charge in [0.25, 0.3) is 0 Å². The molecule has 0 saturated heterocycles. The number of rotatable bonds is 7. The molecule has 9 nitrogen and oxygen atoms in total. The zero-order chi connectivity index (χ0) is 22.1. The highest BCUT2D eigenvalue weighted by Crippen LogP contribution is 2.40. The Balaban J connectivity index is 1.16. The SMILES string of the molecule is O=C(Cc1cnc(N2CCn3cc(CNC4CC4c4ccc(F)cc4)nc3C2)nc1)NO. The molecule has 3 heterocycles. The third kappa shape index (κ3) is 4.46. The Morgan fingerprint density at radius 2 is 1.97 bits per heavy atom. The van der Waals surface area contributed by atoms with E-state index in [0.717, 1.165) is 31.0 Å². The molecule has 10 heteroatoms. The Labute approximate surface area is 184 Å². The van der Waals surface area contributed by atoms with Crippen molar-refractivity contribution in [3.05, 3.63) is 71.3 Å². The van der Waals surface area contributed by atoms with Gasteiger partial charge in [-0.25, -0.2) is 24.8 Å². The van der Waals surface area contributed by atoms with E-state index in [2.05, 4.69) is 30.9 Å². The largest absolute Gasteiger partial charge is 0.332 e. The molecule has 1 amide bonds. The topological polar surface area (TPSA) is 108 Å². The maximum atomic E-state index is 13.1. The number of fused-ring (bicyclic) bond motifs is 1. The molecule has 32 heavy (non-hydrogen) atoms. The zero-order valence-corrected chi connectivity index (χ0v) is 17.4. The number of carbonyl (C=O) groups excluding carboxylic acids is 1. The normalized spacial score (nSPS) is 19.5. The molecule has 3 N–H and O–H groups in total. The molecular formula is C22H24FN7O2. The van der Waals surface area contributed by atoms with Gasteiger partial charge in [-0.15, -0.1) is 0 Å². The van der Waals surface area contributed by atoms with Crippen molar-refractivity contribution in [3.8, 4) is 0 Å². The number of amides is 1. The Hall–Kier alpha value is -3.37. The number of carbonyl (C=O) groups is 1. The first-order valence-electron chi connectivity index (χ1n) is 10.6. The van der Waals surface area contributed by atoms with Crippen molar-refractivity contribution in [2.75, 3.05) is 11.4 Å². The van der Waals surface area contributed by atoms with Gasteiger partial charge >= 0.3 is 0 Å². The van der Waals surface area contributed by atoms with Crippen LogP contribution < -0.4 is 15.7 Å². The fourth-order valence-electron chi connectivity index (χ4n) is 4.13. The van der Waals surface area contributed by atoms with Gasteiger partial charge in [0.15, 0.2) is 0 Å². The Morgan fingerprint density at radius 3 is 2.72 bits per heavy atom. The predicted molar refractivity (Wildman–Crippen MR) is 113 cm³/mol. The maximum absolute atomic E-state index is 13.1. The van der Waals surface area contributed by atoms with Crippen LogP contribution in [0.5, 0.6) is 0 Å². The summed E-state index contributed by atoms with van der Waals surface area (Å²) in [7, 11) is 0. The summed E-state index contributed by atoms with van der Waals surface area (Å²) in [6.07, 6.45) is 6.37. The molecule has 1 aliphatic carbocycles. The van der Waals surface area contributed by atoms with Crippen LogP contribution in [-0.2, 0) is 30.8 Å². The summed E-state index contributed by atoms with van der Waals surface area (Å²) in [5, 5.41) is 12.2. The van der Waals surface area contributed by atoms with Crippen LogP contribution in [0.15, 0.2) is 42.9 Å². The standard InChI is InChI=1S/C22H24FN7O2/c23-16-3-1-15(2-4-16)18-8-19(18)24-11-17-12-29-5-6-30(13-20(29)27-17)22-25-9-14(10-26-22)7-21(31)28-32/h1-4,9-10,12,18-19,24,32H,5-8,11,13H2,(H,28,31). The number of nitrogens with one attached hydrogen (secondary N) is 2. The highest BCUT2D eigenvalue weighted by Gasteiger charge is 2.37. The van der Waals surface area contributed by atoms with Gasteiger partial charge in [0.2, 0.25) is 11.9 Å². The van der Waals surface area contributed by atoms with Crippen molar-refractivity contribution < 1.29 is 14.4 Å². The molecule has 2 aliphatic rings. The molecule has 0 radical (unpaired) electrons. The van der Waals surface area contributed by atoms with E-state index in [1.54, 1.807) is 17.9 Å². The number of benzene rings is 1. The van der Waals surface area contributed by atoms with Gasteiger partial charge in [0, 0.05) is 50.2 Å². The summed E-state index contributed by atoms with van der Waals surface area (Å²) in [6.45, 7) is 2.86. The minimum Gasteiger partial charge on any atom is -0.332 e. The van der Waals surface area contributed by atoms with Crippen LogP contribution in [0, 0.1) is 5.82 Å². The fourth-order valence-corrected chi connectivity index (χ4v) is 4.13. The van der Waals surface area contributed by atoms with Crippen molar-refractivity contribution in [2.45, 2.75) is 44.4 Å². The lowest BCUT2D eigenvalue weighted by atomic mass is 10.1. The lowest BCUT2D eigenvalue weighted by molar-refractivity contribution is -0.128. The first kappa shape index (κ1) is 20.5. The van der Waals surface area contributed by atoms with E-state index >= 15 is 0 Å². The van der Waals surface area contributed by atoms with Crippen LogP contribution in [-0.4, -0.2) is 43.2 Å². The molecule has 1 fully saturated rings. The molecule has 1 saturated carbocycles. The Kier molecular flexibility index (Phi) is 5.54. The summed E-state index contributed by atoms with van der Waals surface area (Å²) in [4.78, 5) is 26.8. The average molecular weight is 437 g/mol. The van der Waals surface area contributed by atoms with Crippen molar-refractivity contribution in [1.29, 1.82) is 0 Å². The highest BCUT2D eigenvalue weighted by atomic mass is 19.1. The van der Waals surface area contributed by atoms with E-state index in [4.69, 9.17) is 10.2 Å². The van der Waals surface area contributed by atoms with E-state index in [0.29, 0.717) is 36.6 Å². The van der Waals surface area contributed by atoms with E-state index in [1.807, 2.05) is 12.1 Å². The molecule has 166 valence electrons. The maximum Gasteiger partial charge on any atom is 0.247 e. The monoisotopic (exact) mass is 437 g/mol. The minimum absolute atomic E-state index is 0.0283. The third-order valence-corrected chi connectivity index (χ3v) is 5.95. The van der Waals surface area contributed by atoms with Gasteiger partial charge in [-0.3, -0.25) is 10.0 Å². The molecule has 2 unspecified atom stereocenters. The summed E-state index contributed by atoms with van der Waals surface area (Å²) in [5.41, 5.74) is 4.41. The first-order valence-corrected chi connectivity index (χ1v) is 10.6. The molecule has 1 aliphatic heterocycles. The molecule has 1 aromatic carbocycles. The van der Waals surface area contributed by atoms with Crippen LogP contribution in [0.3, 0.4) is 0 Å². The second kappa shape index (κ2) is 8.64. The number of anilines is 1. The first-order chi connectivity index (χ1) is 15.6. The van der Waals surface area contributed by atoms with E-state index in [-0.39, 0.29) is 12.2 Å². The van der Waals surface area contributed by atoms with Crippen LogP contribution in [0.4, 0.5) is 10.3 Å². The van der Waals surface area contributed by atoms with Crippen LogP contribution >= 0.6 is 0 Å². The van der Waals surface area contributed by atoms with Gasteiger partial charge in [0.05, 0.1) is 18.7 Å². The molecule has 3 aromatic rings. The fraction of sp³-hybridized carbons (Fsp3) is 0.364. The summed E-state index contributed by atoms with van der Waals surface area (Å²) < 4.78 is 15.3. The smallest absolute Gasteiger partial charge is 0.247 e. The number of nitrogens with zero attached hydrogens (tertiary/aromatic N) is 5. The second-order valence-electron chi connectivity index (χ2n) is 8.25. The average Bonchev–Trinajstić information content (AvgIpc) is 3.47. The van der Waals surface area contributed by atoms with Crippen LogP contribution in [0.25, 0.3) is 0 Å². The Morgan fingerprint density at radius 1 is 1.19 bits per heavy atom. The van der Waals surface area contributed by atoms with Crippen LogP contribution in [0.2, 0.25) is 0 Å². The molecule has 5 rings (SSSR count).